The van der Waals surface area contributed by atoms with Crippen LogP contribution in [0.1, 0.15) is 28.5 Å². The number of ether oxygens (including phenoxy) is 1. The Kier molecular flexibility index (Phi) is 7.95. The van der Waals surface area contributed by atoms with Crippen LogP contribution in [0.15, 0.2) is 42.7 Å². The summed E-state index contributed by atoms with van der Waals surface area (Å²) in [5.41, 5.74) is 2.55. The molecule has 210 valence electrons. The largest absolute Gasteiger partial charge is 0.435 e. The van der Waals surface area contributed by atoms with Crippen LogP contribution >= 0.6 is 0 Å². The summed E-state index contributed by atoms with van der Waals surface area (Å²) in [6.45, 7) is 8.95. The number of aryl methyl sites for hydroxylation is 1. The fraction of sp³-hybridized carbons (Fsp3) is 0.345. The fourth-order valence-corrected chi connectivity index (χ4v) is 4.68. The van der Waals surface area contributed by atoms with Crippen molar-refractivity contribution in [1.29, 1.82) is 0 Å². The lowest BCUT2D eigenvalue weighted by Crippen LogP contribution is -2.43. The first-order valence-electron chi connectivity index (χ1n) is 13.3. The average Bonchev–Trinajstić information content (AvgIpc) is 3.35. The Labute approximate surface area is 231 Å². The van der Waals surface area contributed by atoms with Crippen molar-refractivity contribution in [1.82, 2.24) is 29.7 Å². The van der Waals surface area contributed by atoms with Gasteiger partial charge in [-0.15, -0.1) is 0 Å². The van der Waals surface area contributed by atoms with Gasteiger partial charge < -0.3 is 24.8 Å². The van der Waals surface area contributed by atoms with Gasteiger partial charge in [0.1, 0.15) is 11.9 Å². The highest BCUT2D eigenvalue weighted by atomic mass is 19.1. The van der Waals surface area contributed by atoms with Crippen LogP contribution in [0.5, 0.6) is 11.6 Å². The molecule has 0 unspecified atom stereocenters. The number of aromatic nitrogens is 3. The molecule has 9 nitrogen and oxygen atoms in total. The van der Waals surface area contributed by atoms with Gasteiger partial charge in [0.05, 0.1) is 5.52 Å². The molecular formula is C29H33F2N7O2. The van der Waals surface area contributed by atoms with Crippen LogP contribution in [0.25, 0.3) is 10.9 Å². The number of carbonyl (C=O) groups excluding carboxylic acids is 1. The number of likely N-dealkylation sites (N-methyl/N-ethyl adjacent to an activating group) is 1. The topological polar surface area (TPSA) is 89.6 Å². The minimum atomic E-state index is -0.757. The highest BCUT2D eigenvalue weighted by molar-refractivity contribution is 6.01. The molecule has 5 rings (SSSR count). The number of aromatic amines is 1. The van der Waals surface area contributed by atoms with Crippen LogP contribution in [0.4, 0.5) is 20.3 Å². The molecule has 2 N–H and O–H groups in total. The van der Waals surface area contributed by atoms with Crippen molar-refractivity contribution in [2.24, 2.45) is 0 Å². The maximum Gasteiger partial charge on any atom is 0.262 e. The van der Waals surface area contributed by atoms with Crippen LogP contribution in [0.2, 0.25) is 0 Å². The van der Waals surface area contributed by atoms with Crippen molar-refractivity contribution in [3.05, 3.63) is 71.2 Å². The third-order valence-electron chi connectivity index (χ3n) is 7.17. The van der Waals surface area contributed by atoms with E-state index in [2.05, 4.69) is 37.1 Å². The molecule has 1 amide bonds. The molecule has 0 bridgehead atoms. The van der Waals surface area contributed by atoms with Gasteiger partial charge in [-0.05, 0) is 44.7 Å². The molecule has 3 heterocycles. The molecule has 1 aliphatic rings. The molecule has 0 radical (unpaired) electrons. The second-order valence-electron chi connectivity index (χ2n) is 10.1. The molecule has 2 aromatic carbocycles. The van der Waals surface area contributed by atoms with Crippen molar-refractivity contribution < 1.29 is 18.3 Å². The third-order valence-corrected chi connectivity index (χ3v) is 7.17. The highest BCUT2D eigenvalue weighted by Gasteiger charge is 2.26. The second-order valence-corrected chi connectivity index (χ2v) is 10.1. The summed E-state index contributed by atoms with van der Waals surface area (Å²) in [6.07, 6.45) is 1.22. The SMILES string of the molecule is CCN(C)C(=O)c1c(Nc2ccc(CN3CCN(C)CC3)cc2)ncnc1Oc1cc(F)c2[nH]c(C)cc2c1F. The maximum atomic E-state index is 15.3. The first-order chi connectivity index (χ1) is 19.2. The third kappa shape index (κ3) is 5.75. The van der Waals surface area contributed by atoms with Gasteiger partial charge in [0.25, 0.3) is 5.91 Å². The number of halogens is 2. The molecule has 40 heavy (non-hydrogen) atoms. The molecule has 1 aliphatic heterocycles. The minimum absolute atomic E-state index is 0.0125. The van der Waals surface area contributed by atoms with E-state index in [4.69, 9.17) is 4.74 Å². The normalized spacial score (nSPS) is 14.4. The summed E-state index contributed by atoms with van der Waals surface area (Å²) in [5, 5.41) is 3.23. The van der Waals surface area contributed by atoms with Crippen LogP contribution in [0.3, 0.4) is 0 Å². The summed E-state index contributed by atoms with van der Waals surface area (Å²) in [7, 11) is 3.76. The lowest BCUT2D eigenvalue weighted by atomic mass is 10.1. The number of fused-ring (bicyclic) bond motifs is 1. The van der Waals surface area contributed by atoms with E-state index in [9.17, 15) is 9.18 Å². The number of rotatable bonds is 8. The first-order valence-corrected chi connectivity index (χ1v) is 13.3. The van der Waals surface area contributed by atoms with E-state index in [-0.39, 0.29) is 33.9 Å². The van der Waals surface area contributed by atoms with Gasteiger partial charge >= 0.3 is 0 Å². The number of piperazine rings is 1. The smallest absolute Gasteiger partial charge is 0.262 e. The van der Waals surface area contributed by atoms with E-state index in [0.717, 1.165) is 38.8 Å². The first kappa shape index (κ1) is 27.5. The van der Waals surface area contributed by atoms with E-state index >= 15 is 4.39 Å². The van der Waals surface area contributed by atoms with Gasteiger partial charge in [0, 0.05) is 69.2 Å². The van der Waals surface area contributed by atoms with Crippen molar-refractivity contribution in [2.75, 3.05) is 52.1 Å². The molecule has 0 aliphatic carbocycles. The zero-order chi connectivity index (χ0) is 28.4. The number of nitrogens with one attached hydrogen (secondary N) is 2. The maximum absolute atomic E-state index is 15.3. The summed E-state index contributed by atoms with van der Waals surface area (Å²) >= 11 is 0. The van der Waals surface area contributed by atoms with E-state index in [0.29, 0.717) is 17.9 Å². The molecule has 1 saturated heterocycles. The lowest BCUT2D eigenvalue weighted by Gasteiger charge is -2.32. The lowest BCUT2D eigenvalue weighted by molar-refractivity contribution is 0.0799. The number of carbonyl (C=O) groups is 1. The van der Waals surface area contributed by atoms with Crippen LogP contribution < -0.4 is 10.1 Å². The number of nitrogens with zero attached hydrogens (tertiary/aromatic N) is 5. The Hall–Kier alpha value is -4.09. The number of hydrogen-bond acceptors (Lipinski definition) is 7. The Balaban J connectivity index is 1.43. The Morgan fingerprint density at radius 2 is 1.85 bits per heavy atom. The molecule has 11 heteroatoms. The Morgan fingerprint density at radius 3 is 2.55 bits per heavy atom. The number of amides is 1. The Bertz CT molecular complexity index is 1520. The van der Waals surface area contributed by atoms with Crippen LogP contribution in [-0.4, -0.2) is 82.4 Å². The van der Waals surface area contributed by atoms with Gasteiger partial charge in [-0.1, -0.05) is 12.1 Å². The molecule has 1 fully saturated rings. The van der Waals surface area contributed by atoms with Gasteiger partial charge in [-0.3, -0.25) is 9.69 Å². The van der Waals surface area contributed by atoms with E-state index in [1.807, 2.05) is 31.2 Å². The van der Waals surface area contributed by atoms with Gasteiger partial charge in [-0.2, -0.15) is 0 Å². The monoisotopic (exact) mass is 549 g/mol. The molecule has 0 spiro atoms. The van der Waals surface area contributed by atoms with Crippen LogP contribution in [0, 0.1) is 18.6 Å². The van der Waals surface area contributed by atoms with Crippen molar-refractivity contribution in [2.45, 2.75) is 20.4 Å². The van der Waals surface area contributed by atoms with E-state index in [1.165, 1.54) is 22.9 Å². The number of H-pyrrole nitrogens is 1. The molecule has 2 aromatic heterocycles. The average molecular weight is 550 g/mol. The van der Waals surface area contributed by atoms with Crippen LogP contribution in [-0.2, 0) is 6.54 Å². The zero-order valence-corrected chi connectivity index (χ0v) is 23.1. The van der Waals surface area contributed by atoms with E-state index < -0.39 is 17.5 Å². The second kappa shape index (κ2) is 11.6. The number of hydrogen-bond donors (Lipinski definition) is 2. The Morgan fingerprint density at radius 1 is 1.12 bits per heavy atom. The van der Waals surface area contributed by atoms with Gasteiger partial charge in [0.2, 0.25) is 5.88 Å². The molecule has 4 aromatic rings. The fourth-order valence-electron chi connectivity index (χ4n) is 4.68. The molecular weight excluding hydrogens is 516 g/mol. The van der Waals surface area contributed by atoms with Crippen molar-refractivity contribution in [3.8, 4) is 11.6 Å². The van der Waals surface area contributed by atoms with Gasteiger partial charge in [0.15, 0.2) is 23.2 Å². The zero-order valence-electron chi connectivity index (χ0n) is 23.1. The molecule has 0 saturated carbocycles. The number of anilines is 2. The predicted molar refractivity (Wildman–Crippen MR) is 150 cm³/mol. The predicted octanol–water partition coefficient (Wildman–Crippen LogP) is 4.92. The van der Waals surface area contributed by atoms with E-state index in [1.54, 1.807) is 14.0 Å². The van der Waals surface area contributed by atoms with Crippen molar-refractivity contribution >= 4 is 28.3 Å². The van der Waals surface area contributed by atoms with Crippen molar-refractivity contribution in [3.63, 3.8) is 0 Å². The summed E-state index contributed by atoms with van der Waals surface area (Å²) < 4.78 is 35.8. The summed E-state index contributed by atoms with van der Waals surface area (Å²) in [6, 6.07) is 10.3. The summed E-state index contributed by atoms with van der Waals surface area (Å²) in [4.78, 5) is 30.8. The summed E-state index contributed by atoms with van der Waals surface area (Å²) in [5.74, 6) is -2.23. The highest BCUT2D eigenvalue weighted by Crippen LogP contribution is 2.35. The standard InChI is InChI=1S/C29H33F2N7O2/c1-5-37(4)29(39)24-27(35-20-8-6-19(7-9-20)16-38-12-10-36(3)11-13-38)32-17-33-28(24)40-23-15-22(30)26-21(25(23)31)14-18(2)34-26/h6-9,14-15,17,34H,5,10-13,16H2,1-4H3,(H,32,33,35). The van der Waals surface area contributed by atoms with Gasteiger partial charge in [-0.25, -0.2) is 18.7 Å². The number of benzene rings is 2. The molecule has 0 atom stereocenters. The minimum Gasteiger partial charge on any atom is -0.435 e. The quantitative estimate of drug-likeness (QED) is 0.323.